The molecule has 17 heavy (non-hydrogen) atoms. The zero-order valence-corrected chi connectivity index (χ0v) is 10.2. The maximum atomic E-state index is 10.1. The molecular weight excluding hydrogens is 238 g/mol. The van der Waals surface area contributed by atoms with E-state index < -0.39 is 0 Å². The van der Waals surface area contributed by atoms with E-state index in [9.17, 15) is 4.79 Å². The van der Waals surface area contributed by atoms with Gasteiger partial charge in [0.15, 0.2) is 0 Å². The van der Waals surface area contributed by atoms with Crippen LogP contribution in [0.5, 0.6) is 0 Å². The van der Waals surface area contributed by atoms with Crippen LogP contribution in [-0.2, 0) is 4.79 Å². The number of nitrogens with zero attached hydrogens (tertiary/aromatic N) is 3. The summed E-state index contributed by atoms with van der Waals surface area (Å²) in [5.74, 6) is 0. The van der Waals surface area contributed by atoms with Crippen LogP contribution in [0.1, 0.15) is 11.4 Å². The molecule has 0 spiro atoms. The van der Waals surface area contributed by atoms with E-state index in [0.29, 0.717) is 10.7 Å². The summed E-state index contributed by atoms with van der Waals surface area (Å²) < 4.78 is 1.76. The second-order valence-electron chi connectivity index (χ2n) is 3.68. The lowest BCUT2D eigenvalue weighted by Gasteiger charge is -2.06. The lowest BCUT2D eigenvalue weighted by Crippen LogP contribution is -1.99. The second-order valence-corrected chi connectivity index (χ2v) is 4.08. The first kappa shape index (κ1) is 11.6. The van der Waals surface area contributed by atoms with Crippen LogP contribution in [0.4, 0.5) is 5.69 Å². The Balaban J connectivity index is 2.53. The highest BCUT2D eigenvalue weighted by Crippen LogP contribution is 2.26. The average Bonchev–Trinajstić information content (AvgIpc) is 2.58. The minimum atomic E-state index is 0.482. The number of hydrogen-bond acceptors (Lipinski definition) is 3. The maximum Gasteiger partial charge on any atom is 0.240 e. The number of hydrogen-bond donors (Lipinski definition) is 0. The van der Waals surface area contributed by atoms with E-state index in [1.165, 1.54) is 6.08 Å². The lowest BCUT2D eigenvalue weighted by molar-refractivity contribution is 0.565. The number of rotatable bonds is 2. The molecular formula is C12H10ClN3O. The molecule has 0 N–H and O–H groups in total. The summed E-state index contributed by atoms with van der Waals surface area (Å²) >= 11 is 6.13. The van der Waals surface area contributed by atoms with Gasteiger partial charge in [-0.1, -0.05) is 11.6 Å². The van der Waals surface area contributed by atoms with E-state index in [1.54, 1.807) is 22.9 Å². The third kappa shape index (κ3) is 2.28. The van der Waals surface area contributed by atoms with Crippen molar-refractivity contribution in [2.45, 2.75) is 13.8 Å². The van der Waals surface area contributed by atoms with Gasteiger partial charge in [0.25, 0.3) is 0 Å². The fourth-order valence-corrected chi connectivity index (χ4v) is 1.92. The number of aromatic nitrogens is 2. The van der Waals surface area contributed by atoms with E-state index in [-0.39, 0.29) is 0 Å². The van der Waals surface area contributed by atoms with Gasteiger partial charge in [0.05, 0.1) is 22.1 Å². The Bertz CT molecular complexity index is 612. The van der Waals surface area contributed by atoms with Crippen LogP contribution < -0.4 is 0 Å². The Morgan fingerprint density at radius 3 is 2.65 bits per heavy atom. The molecule has 0 aliphatic carbocycles. The van der Waals surface area contributed by atoms with E-state index in [0.717, 1.165) is 17.1 Å². The molecule has 2 rings (SSSR count). The first-order valence-electron chi connectivity index (χ1n) is 5.03. The molecule has 1 aromatic carbocycles. The summed E-state index contributed by atoms with van der Waals surface area (Å²) in [5, 5.41) is 4.83. The van der Waals surface area contributed by atoms with Crippen LogP contribution in [0.15, 0.2) is 29.3 Å². The van der Waals surface area contributed by atoms with Crippen molar-refractivity contribution in [3.8, 4) is 5.69 Å². The van der Waals surface area contributed by atoms with Crippen LogP contribution in [0.2, 0.25) is 5.02 Å². The Labute approximate surface area is 104 Å². The quantitative estimate of drug-likeness (QED) is 0.605. The third-order valence-corrected chi connectivity index (χ3v) is 2.65. The van der Waals surface area contributed by atoms with Crippen LogP contribution in [0.3, 0.4) is 0 Å². The predicted molar refractivity (Wildman–Crippen MR) is 65.8 cm³/mol. The SMILES string of the molecule is Cc1cc(C)n(-c2ccc(N=C=O)cc2Cl)n1. The fraction of sp³-hybridized carbons (Fsp3) is 0.167. The van der Waals surface area contributed by atoms with Crippen LogP contribution in [-0.4, -0.2) is 15.9 Å². The molecule has 5 heteroatoms. The minimum Gasteiger partial charge on any atom is -0.236 e. The van der Waals surface area contributed by atoms with Crippen molar-refractivity contribution in [2.75, 3.05) is 0 Å². The first-order chi connectivity index (χ1) is 8.11. The van der Waals surface area contributed by atoms with Gasteiger partial charge in [-0.2, -0.15) is 10.1 Å². The van der Waals surface area contributed by atoms with Crippen molar-refractivity contribution in [1.82, 2.24) is 9.78 Å². The zero-order chi connectivity index (χ0) is 12.4. The van der Waals surface area contributed by atoms with Gasteiger partial charge in [-0.3, -0.25) is 0 Å². The van der Waals surface area contributed by atoms with Crippen molar-refractivity contribution in [3.05, 3.63) is 40.7 Å². The molecule has 1 heterocycles. The van der Waals surface area contributed by atoms with E-state index in [1.807, 2.05) is 19.9 Å². The van der Waals surface area contributed by atoms with Crippen molar-refractivity contribution in [1.29, 1.82) is 0 Å². The third-order valence-electron chi connectivity index (χ3n) is 2.34. The van der Waals surface area contributed by atoms with Gasteiger partial charge in [-0.25, -0.2) is 9.48 Å². The Kier molecular flexibility index (Phi) is 3.09. The number of aryl methyl sites for hydroxylation is 2. The lowest BCUT2D eigenvalue weighted by atomic mass is 10.3. The van der Waals surface area contributed by atoms with Gasteiger partial charge < -0.3 is 0 Å². The molecule has 86 valence electrons. The Morgan fingerprint density at radius 2 is 2.12 bits per heavy atom. The van der Waals surface area contributed by atoms with Gasteiger partial charge in [0.2, 0.25) is 6.08 Å². The molecule has 0 fully saturated rings. The molecule has 0 unspecified atom stereocenters. The molecule has 1 aromatic heterocycles. The Hall–Kier alpha value is -1.90. The maximum absolute atomic E-state index is 10.1. The summed E-state index contributed by atoms with van der Waals surface area (Å²) in [6.07, 6.45) is 1.48. The normalized spacial score (nSPS) is 10.1. The van der Waals surface area contributed by atoms with Gasteiger partial charge in [-0.05, 0) is 38.1 Å². The summed E-state index contributed by atoms with van der Waals surface area (Å²) in [6.45, 7) is 3.87. The highest BCUT2D eigenvalue weighted by Gasteiger charge is 2.08. The van der Waals surface area contributed by atoms with Gasteiger partial charge >= 0.3 is 0 Å². The van der Waals surface area contributed by atoms with Gasteiger partial charge in [0, 0.05) is 5.69 Å². The van der Waals surface area contributed by atoms with E-state index in [4.69, 9.17) is 11.6 Å². The van der Waals surface area contributed by atoms with E-state index >= 15 is 0 Å². The zero-order valence-electron chi connectivity index (χ0n) is 9.44. The fourth-order valence-electron chi connectivity index (χ4n) is 1.66. The summed E-state index contributed by atoms with van der Waals surface area (Å²) in [7, 11) is 0. The molecule has 0 radical (unpaired) electrons. The topological polar surface area (TPSA) is 47.2 Å². The smallest absolute Gasteiger partial charge is 0.236 e. The van der Waals surface area contributed by atoms with Gasteiger partial charge in [0.1, 0.15) is 0 Å². The monoisotopic (exact) mass is 247 g/mol. The highest BCUT2D eigenvalue weighted by atomic mass is 35.5. The molecule has 4 nitrogen and oxygen atoms in total. The number of aliphatic imine (C=N–C) groups is 1. The molecule has 0 atom stereocenters. The highest BCUT2D eigenvalue weighted by molar-refractivity contribution is 6.32. The number of benzene rings is 1. The standard InChI is InChI=1S/C12H10ClN3O/c1-8-5-9(2)16(15-8)12-4-3-10(14-7-17)6-11(12)13/h3-6H,1-2H3. The number of carbonyl (C=O) groups excluding carboxylic acids is 1. The molecule has 2 aromatic rings. The molecule has 0 saturated heterocycles. The second kappa shape index (κ2) is 4.53. The van der Waals surface area contributed by atoms with Gasteiger partial charge in [-0.15, -0.1) is 0 Å². The van der Waals surface area contributed by atoms with Crippen LogP contribution >= 0.6 is 11.6 Å². The van der Waals surface area contributed by atoms with Crippen molar-refractivity contribution in [2.24, 2.45) is 4.99 Å². The van der Waals surface area contributed by atoms with Crippen molar-refractivity contribution < 1.29 is 4.79 Å². The predicted octanol–water partition coefficient (Wildman–Crippen LogP) is 3.11. The van der Waals surface area contributed by atoms with Crippen LogP contribution in [0, 0.1) is 13.8 Å². The molecule has 0 amide bonds. The van der Waals surface area contributed by atoms with Crippen molar-refractivity contribution >= 4 is 23.4 Å². The molecule has 0 aliphatic heterocycles. The van der Waals surface area contributed by atoms with Crippen LogP contribution in [0.25, 0.3) is 5.69 Å². The average molecular weight is 248 g/mol. The first-order valence-corrected chi connectivity index (χ1v) is 5.40. The summed E-state index contributed by atoms with van der Waals surface area (Å²) in [6, 6.07) is 7.05. The van der Waals surface area contributed by atoms with E-state index in [2.05, 4.69) is 10.1 Å². The molecule has 0 bridgehead atoms. The summed E-state index contributed by atoms with van der Waals surface area (Å²) in [5.41, 5.74) is 3.17. The molecule has 0 saturated carbocycles. The number of isocyanates is 1. The molecule has 0 aliphatic rings. The minimum absolute atomic E-state index is 0.482. The summed E-state index contributed by atoms with van der Waals surface area (Å²) in [4.78, 5) is 13.7. The Morgan fingerprint density at radius 1 is 1.35 bits per heavy atom. The number of halogens is 1. The van der Waals surface area contributed by atoms with Crippen molar-refractivity contribution in [3.63, 3.8) is 0 Å². The largest absolute Gasteiger partial charge is 0.240 e.